The molecule has 0 fully saturated rings. The van der Waals surface area contributed by atoms with Gasteiger partial charge in [0, 0.05) is 25.9 Å². The zero-order valence-electron chi connectivity index (χ0n) is 10.0. The zero-order chi connectivity index (χ0) is 12.4. The third kappa shape index (κ3) is 2.47. The van der Waals surface area contributed by atoms with Crippen LogP contribution in [0.5, 0.6) is 0 Å². The maximum absolute atomic E-state index is 10.0. The van der Waals surface area contributed by atoms with Crippen molar-refractivity contribution in [3.8, 4) is 0 Å². The summed E-state index contributed by atoms with van der Waals surface area (Å²) in [5, 5.41) is 18.1. The molecule has 0 bridgehead atoms. The molecule has 0 aromatic carbocycles. The van der Waals surface area contributed by atoms with Gasteiger partial charge in [0.2, 0.25) is 0 Å². The van der Waals surface area contributed by atoms with E-state index in [0.29, 0.717) is 17.8 Å². The molecule has 0 spiro atoms. The average molecular weight is 235 g/mol. The number of aryl methyl sites for hydroxylation is 3. The molecule has 0 aliphatic rings. The van der Waals surface area contributed by atoms with Crippen molar-refractivity contribution >= 4 is 5.82 Å². The third-order valence-electron chi connectivity index (χ3n) is 2.84. The van der Waals surface area contributed by atoms with Crippen LogP contribution in [0.25, 0.3) is 0 Å². The van der Waals surface area contributed by atoms with Gasteiger partial charge < -0.3 is 10.8 Å². The Labute approximate surface area is 99.7 Å². The molecule has 2 heterocycles. The molecule has 2 rings (SSSR count). The lowest BCUT2D eigenvalue weighted by Crippen LogP contribution is -2.04. The molecule has 0 saturated heterocycles. The van der Waals surface area contributed by atoms with Gasteiger partial charge in [-0.05, 0) is 18.4 Å². The van der Waals surface area contributed by atoms with Gasteiger partial charge in [-0.1, -0.05) is 0 Å². The van der Waals surface area contributed by atoms with Crippen molar-refractivity contribution in [2.24, 2.45) is 14.1 Å². The Morgan fingerprint density at radius 3 is 2.65 bits per heavy atom. The van der Waals surface area contributed by atoms with E-state index in [1.165, 1.54) is 0 Å². The van der Waals surface area contributed by atoms with E-state index in [1.807, 2.05) is 13.2 Å². The first-order valence-electron chi connectivity index (χ1n) is 5.51. The smallest absolute Gasteiger partial charge is 0.127 e. The number of hydrogen-bond donors (Lipinski definition) is 2. The molecule has 6 nitrogen and oxygen atoms in total. The standard InChI is InChI=1S/C11H17N5O/c1-15-7-8(5-13-15)3-4-10(17)9-6-14-16(2)11(9)12/h5-7,10,17H,3-4,12H2,1-2H3. The van der Waals surface area contributed by atoms with Crippen molar-refractivity contribution < 1.29 is 5.11 Å². The lowest BCUT2D eigenvalue weighted by Gasteiger charge is -2.08. The highest BCUT2D eigenvalue weighted by molar-refractivity contribution is 5.39. The van der Waals surface area contributed by atoms with Gasteiger partial charge in [0.1, 0.15) is 5.82 Å². The summed E-state index contributed by atoms with van der Waals surface area (Å²) in [6.07, 6.45) is 6.16. The Morgan fingerprint density at radius 1 is 1.35 bits per heavy atom. The van der Waals surface area contributed by atoms with E-state index in [4.69, 9.17) is 5.73 Å². The minimum Gasteiger partial charge on any atom is -0.388 e. The average Bonchev–Trinajstić information content (AvgIpc) is 2.84. The van der Waals surface area contributed by atoms with Crippen molar-refractivity contribution in [1.82, 2.24) is 19.6 Å². The number of hydrogen-bond acceptors (Lipinski definition) is 4. The number of nitrogens with two attached hydrogens (primary N) is 1. The predicted octanol–water partition coefficient (Wildman–Crippen LogP) is 0.402. The van der Waals surface area contributed by atoms with Crippen LogP contribution >= 0.6 is 0 Å². The monoisotopic (exact) mass is 235 g/mol. The maximum Gasteiger partial charge on any atom is 0.127 e. The molecule has 0 aliphatic carbocycles. The van der Waals surface area contributed by atoms with E-state index in [9.17, 15) is 5.11 Å². The van der Waals surface area contributed by atoms with Crippen LogP contribution in [0.2, 0.25) is 0 Å². The van der Waals surface area contributed by atoms with Gasteiger partial charge >= 0.3 is 0 Å². The van der Waals surface area contributed by atoms with E-state index in [0.717, 1.165) is 12.0 Å². The summed E-state index contributed by atoms with van der Waals surface area (Å²) in [4.78, 5) is 0. The minimum atomic E-state index is -0.580. The minimum absolute atomic E-state index is 0.517. The summed E-state index contributed by atoms with van der Waals surface area (Å²) in [7, 11) is 3.63. The molecule has 0 radical (unpaired) electrons. The van der Waals surface area contributed by atoms with E-state index in [-0.39, 0.29) is 0 Å². The molecule has 1 unspecified atom stereocenters. The first-order chi connectivity index (χ1) is 8.08. The van der Waals surface area contributed by atoms with Crippen molar-refractivity contribution in [3.63, 3.8) is 0 Å². The molecule has 92 valence electrons. The van der Waals surface area contributed by atoms with Gasteiger partial charge in [-0.2, -0.15) is 10.2 Å². The van der Waals surface area contributed by atoms with Crippen LogP contribution in [0.15, 0.2) is 18.6 Å². The number of nitrogen functional groups attached to an aromatic ring is 1. The lowest BCUT2D eigenvalue weighted by molar-refractivity contribution is 0.168. The zero-order valence-corrected chi connectivity index (χ0v) is 10.0. The second kappa shape index (κ2) is 4.58. The molecular weight excluding hydrogens is 218 g/mol. The van der Waals surface area contributed by atoms with E-state index in [1.54, 1.807) is 28.8 Å². The van der Waals surface area contributed by atoms with Crippen LogP contribution in [-0.4, -0.2) is 24.7 Å². The Balaban J connectivity index is 1.98. The number of anilines is 1. The summed E-state index contributed by atoms with van der Waals surface area (Å²) in [5.74, 6) is 0.517. The quantitative estimate of drug-likeness (QED) is 0.803. The second-order valence-corrected chi connectivity index (χ2v) is 4.19. The molecule has 17 heavy (non-hydrogen) atoms. The van der Waals surface area contributed by atoms with Gasteiger partial charge in [-0.25, -0.2) is 0 Å². The highest BCUT2D eigenvalue weighted by Gasteiger charge is 2.14. The Morgan fingerprint density at radius 2 is 2.12 bits per heavy atom. The van der Waals surface area contributed by atoms with Crippen LogP contribution in [0.4, 0.5) is 5.82 Å². The van der Waals surface area contributed by atoms with Gasteiger partial charge in [-0.3, -0.25) is 9.36 Å². The summed E-state index contributed by atoms with van der Waals surface area (Å²) in [6, 6.07) is 0. The Kier molecular flexibility index (Phi) is 3.14. The van der Waals surface area contributed by atoms with Gasteiger partial charge in [-0.15, -0.1) is 0 Å². The van der Waals surface area contributed by atoms with Crippen LogP contribution in [-0.2, 0) is 20.5 Å². The summed E-state index contributed by atoms with van der Waals surface area (Å²) in [6.45, 7) is 0. The largest absolute Gasteiger partial charge is 0.388 e. The second-order valence-electron chi connectivity index (χ2n) is 4.19. The summed E-state index contributed by atoms with van der Waals surface area (Å²) in [5.41, 5.74) is 7.60. The molecule has 0 saturated carbocycles. The first-order valence-corrected chi connectivity index (χ1v) is 5.51. The normalized spacial score (nSPS) is 12.9. The number of aromatic nitrogens is 4. The maximum atomic E-state index is 10.0. The summed E-state index contributed by atoms with van der Waals surface area (Å²) >= 11 is 0. The number of rotatable bonds is 4. The van der Waals surface area contributed by atoms with Crippen LogP contribution in [0, 0.1) is 0 Å². The Hall–Kier alpha value is -1.82. The SMILES string of the molecule is Cn1cc(CCC(O)c2cnn(C)c2N)cn1. The van der Waals surface area contributed by atoms with Crippen LogP contribution in [0.3, 0.4) is 0 Å². The first kappa shape index (κ1) is 11.7. The molecule has 2 aromatic heterocycles. The van der Waals surface area contributed by atoms with Crippen molar-refractivity contribution in [2.75, 3.05) is 5.73 Å². The number of aliphatic hydroxyl groups is 1. The number of nitrogens with zero attached hydrogens (tertiary/aromatic N) is 4. The van der Waals surface area contributed by atoms with Crippen LogP contribution in [0.1, 0.15) is 23.7 Å². The fourth-order valence-electron chi connectivity index (χ4n) is 1.78. The lowest BCUT2D eigenvalue weighted by atomic mass is 10.1. The summed E-state index contributed by atoms with van der Waals surface area (Å²) < 4.78 is 3.31. The van der Waals surface area contributed by atoms with Crippen molar-refractivity contribution in [1.29, 1.82) is 0 Å². The highest BCUT2D eigenvalue weighted by atomic mass is 16.3. The molecule has 0 aliphatic heterocycles. The molecule has 2 aromatic rings. The fraction of sp³-hybridized carbons (Fsp3) is 0.455. The molecular formula is C11H17N5O. The highest BCUT2D eigenvalue weighted by Crippen LogP contribution is 2.23. The number of aliphatic hydroxyl groups excluding tert-OH is 1. The van der Waals surface area contributed by atoms with Crippen molar-refractivity contribution in [3.05, 3.63) is 29.7 Å². The third-order valence-corrected chi connectivity index (χ3v) is 2.84. The molecule has 6 heteroatoms. The Bertz CT molecular complexity index is 502. The molecule has 0 amide bonds. The topological polar surface area (TPSA) is 81.9 Å². The van der Waals surface area contributed by atoms with Crippen molar-refractivity contribution in [2.45, 2.75) is 18.9 Å². The molecule has 3 N–H and O–H groups in total. The van der Waals surface area contributed by atoms with Crippen LogP contribution < -0.4 is 5.73 Å². The van der Waals surface area contributed by atoms with E-state index >= 15 is 0 Å². The van der Waals surface area contributed by atoms with Gasteiger partial charge in [0.15, 0.2) is 0 Å². The van der Waals surface area contributed by atoms with E-state index in [2.05, 4.69) is 10.2 Å². The van der Waals surface area contributed by atoms with Gasteiger partial charge in [0.05, 0.1) is 18.5 Å². The van der Waals surface area contributed by atoms with E-state index < -0.39 is 6.10 Å². The fourth-order valence-corrected chi connectivity index (χ4v) is 1.78. The predicted molar refractivity (Wildman–Crippen MR) is 64.1 cm³/mol. The van der Waals surface area contributed by atoms with Gasteiger partial charge in [0.25, 0.3) is 0 Å². The molecule has 1 atom stereocenters.